The Morgan fingerprint density at radius 3 is 2.75 bits per heavy atom. The van der Waals surface area contributed by atoms with E-state index in [9.17, 15) is 13.2 Å². The van der Waals surface area contributed by atoms with Gasteiger partial charge in [-0.3, -0.25) is 4.79 Å². The molecule has 2 aromatic carbocycles. The van der Waals surface area contributed by atoms with Gasteiger partial charge in [0.15, 0.2) is 0 Å². The number of benzene rings is 2. The van der Waals surface area contributed by atoms with E-state index in [1.54, 1.807) is 12.1 Å². The van der Waals surface area contributed by atoms with Crippen molar-refractivity contribution in [2.75, 3.05) is 0 Å². The number of amides is 1. The molecular weight excluding hydrogens is 392 g/mol. The lowest BCUT2D eigenvalue weighted by molar-refractivity contribution is 0.0936. The van der Waals surface area contributed by atoms with E-state index in [2.05, 4.69) is 16.1 Å². The normalized spacial score (nSPS) is 15.9. The molecule has 3 aromatic rings. The zero-order chi connectivity index (χ0) is 19.6. The van der Waals surface area contributed by atoms with Crippen LogP contribution < -0.4 is 10.0 Å². The summed E-state index contributed by atoms with van der Waals surface area (Å²) >= 11 is 1.49. The minimum absolute atomic E-state index is 0.0408. The summed E-state index contributed by atoms with van der Waals surface area (Å²) in [7, 11) is -3.69. The number of sulfonamides is 1. The van der Waals surface area contributed by atoms with Gasteiger partial charge in [-0.05, 0) is 53.6 Å². The molecule has 28 heavy (non-hydrogen) atoms. The first-order valence-electron chi connectivity index (χ1n) is 9.04. The maximum Gasteiger partial charge on any atom is 0.251 e. The van der Waals surface area contributed by atoms with Gasteiger partial charge in [0.25, 0.3) is 5.91 Å². The number of carbonyl (C=O) groups excluding carboxylic acids is 1. The number of hydrogen-bond donors (Lipinski definition) is 2. The lowest BCUT2D eigenvalue weighted by Gasteiger charge is -2.14. The molecule has 1 heterocycles. The Balaban J connectivity index is 1.48. The summed E-state index contributed by atoms with van der Waals surface area (Å²) in [5.74, 6) is -0.267. The molecule has 1 atom stereocenters. The van der Waals surface area contributed by atoms with Crippen LogP contribution in [0.5, 0.6) is 0 Å². The van der Waals surface area contributed by atoms with Gasteiger partial charge < -0.3 is 5.32 Å². The molecular formula is C21H20N2O3S2. The van der Waals surface area contributed by atoms with Crippen molar-refractivity contribution in [1.82, 2.24) is 10.0 Å². The summed E-state index contributed by atoms with van der Waals surface area (Å²) < 4.78 is 27.7. The molecule has 0 aliphatic heterocycles. The second-order valence-electron chi connectivity index (χ2n) is 6.70. The van der Waals surface area contributed by atoms with Crippen LogP contribution in [0.25, 0.3) is 0 Å². The number of aryl methyl sites for hydroxylation is 1. The molecule has 0 radical (unpaired) electrons. The molecule has 1 amide bonds. The monoisotopic (exact) mass is 412 g/mol. The van der Waals surface area contributed by atoms with E-state index in [4.69, 9.17) is 0 Å². The van der Waals surface area contributed by atoms with Crippen molar-refractivity contribution in [3.63, 3.8) is 0 Å². The van der Waals surface area contributed by atoms with Gasteiger partial charge in [-0.25, -0.2) is 13.1 Å². The largest absolute Gasteiger partial charge is 0.345 e. The van der Waals surface area contributed by atoms with Crippen LogP contribution in [0.15, 0.2) is 70.9 Å². The van der Waals surface area contributed by atoms with E-state index < -0.39 is 10.0 Å². The molecule has 2 N–H and O–H groups in total. The van der Waals surface area contributed by atoms with E-state index in [1.807, 2.05) is 35.7 Å². The molecule has 1 aliphatic rings. The topological polar surface area (TPSA) is 75.3 Å². The summed E-state index contributed by atoms with van der Waals surface area (Å²) in [6.07, 6.45) is 1.79. The van der Waals surface area contributed by atoms with Crippen LogP contribution in [0.3, 0.4) is 0 Å². The van der Waals surface area contributed by atoms with E-state index >= 15 is 0 Å². The van der Waals surface area contributed by atoms with Crippen molar-refractivity contribution in [1.29, 1.82) is 0 Å². The fraction of sp³-hybridized carbons (Fsp3) is 0.190. The first-order chi connectivity index (χ1) is 13.5. The number of rotatable bonds is 6. The van der Waals surface area contributed by atoms with E-state index in [0.717, 1.165) is 23.3 Å². The van der Waals surface area contributed by atoms with Gasteiger partial charge in [0.1, 0.15) is 0 Å². The second kappa shape index (κ2) is 7.87. The van der Waals surface area contributed by atoms with Gasteiger partial charge in [-0.1, -0.05) is 36.4 Å². The van der Waals surface area contributed by atoms with Crippen LogP contribution in [0.1, 0.15) is 38.8 Å². The molecule has 0 bridgehead atoms. The maximum absolute atomic E-state index is 12.7. The van der Waals surface area contributed by atoms with Crippen LogP contribution in [-0.4, -0.2) is 14.3 Å². The molecule has 7 heteroatoms. The number of hydrogen-bond acceptors (Lipinski definition) is 4. The highest BCUT2D eigenvalue weighted by molar-refractivity contribution is 7.89. The molecule has 5 nitrogen and oxygen atoms in total. The SMILES string of the molecule is O=C(N[C@H]1CCc2ccccc21)c1cccc(S(=O)(=O)NCc2cccs2)c1. The average molecular weight is 413 g/mol. The van der Waals surface area contributed by atoms with Crippen LogP contribution in [0.2, 0.25) is 0 Å². The molecule has 1 aromatic heterocycles. The Hall–Kier alpha value is -2.48. The molecule has 0 fully saturated rings. The van der Waals surface area contributed by atoms with E-state index in [1.165, 1.54) is 29.0 Å². The Morgan fingerprint density at radius 2 is 1.93 bits per heavy atom. The standard InChI is InChI=1S/C21H20N2O3S2/c24-21(23-20-11-10-15-5-1-2-9-19(15)20)16-6-3-8-18(13-16)28(25,26)22-14-17-7-4-12-27-17/h1-9,12-13,20,22H,10-11,14H2,(H,23,24)/t20-/m0/s1. The Labute approximate surface area is 168 Å². The zero-order valence-corrected chi connectivity index (χ0v) is 16.7. The van der Waals surface area contributed by atoms with Crippen LogP contribution >= 0.6 is 11.3 Å². The second-order valence-corrected chi connectivity index (χ2v) is 9.49. The highest BCUT2D eigenvalue weighted by Crippen LogP contribution is 2.31. The minimum Gasteiger partial charge on any atom is -0.345 e. The van der Waals surface area contributed by atoms with Crippen LogP contribution in [-0.2, 0) is 23.0 Å². The number of thiophene rings is 1. The summed E-state index contributed by atoms with van der Waals surface area (Å²) in [6, 6.07) is 17.9. The van der Waals surface area contributed by atoms with Gasteiger partial charge in [0.05, 0.1) is 10.9 Å². The van der Waals surface area contributed by atoms with Gasteiger partial charge in [0.2, 0.25) is 10.0 Å². The third kappa shape index (κ3) is 4.01. The maximum atomic E-state index is 12.7. The number of nitrogens with one attached hydrogen (secondary N) is 2. The number of carbonyl (C=O) groups is 1. The highest BCUT2D eigenvalue weighted by Gasteiger charge is 2.24. The molecule has 1 aliphatic carbocycles. The van der Waals surface area contributed by atoms with Crippen molar-refractivity contribution in [2.45, 2.75) is 30.3 Å². The van der Waals surface area contributed by atoms with Crippen molar-refractivity contribution in [3.05, 3.63) is 87.6 Å². The Morgan fingerprint density at radius 1 is 1.07 bits per heavy atom. The summed E-state index contributed by atoms with van der Waals surface area (Å²) in [5.41, 5.74) is 2.72. The van der Waals surface area contributed by atoms with Crippen molar-refractivity contribution in [3.8, 4) is 0 Å². The Kier molecular flexibility index (Phi) is 5.30. The molecule has 144 valence electrons. The van der Waals surface area contributed by atoms with Gasteiger partial charge >= 0.3 is 0 Å². The van der Waals surface area contributed by atoms with Gasteiger partial charge in [0, 0.05) is 17.0 Å². The lowest BCUT2D eigenvalue weighted by Crippen LogP contribution is -2.28. The van der Waals surface area contributed by atoms with Gasteiger partial charge in [-0.15, -0.1) is 11.3 Å². The van der Waals surface area contributed by atoms with Crippen molar-refractivity contribution >= 4 is 27.3 Å². The van der Waals surface area contributed by atoms with E-state index in [0.29, 0.717) is 5.56 Å². The summed E-state index contributed by atoms with van der Waals surface area (Å²) in [5, 5.41) is 4.93. The predicted molar refractivity (Wildman–Crippen MR) is 110 cm³/mol. The first-order valence-corrected chi connectivity index (χ1v) is 11.4. The number of fused-ring (bicyclic) bond motifs is 1. The minimum atomic E-state index is -3.69. The average Bonchev–Trinajstić information content (AvgIpc) is 3.37. The van der Waals surface area contributed by atoms with Gasteiger partial charge in [-0.2, -0.15) is 0 Å². The highest BCUT2D eigenvalue weighted by atomic mass is 32.2. The fourth-order valence-electron chi connectivity index (χ4n) is 3.42. The molecule has 0 spiro atoms. The molecule has 4 rings (SSSR count). The van der Waals surface area contributed by atoms with Crippen molar-refractivity contribution in [2.24, 2.45) is 0 Å². The molecule has 0 saturated heterocycles. The third-order valence-electron chi connectivity index (χ3n) is 4.86. The fourth-order valence-corrected chi connectivity index (χ4v) is 5.20. The lowest BCUT2D eigenvalue weighted by atomic mass is 10.1. The Bertz CT molecular complexity index is 1090. The first kappa shape index (κ1) is 18.9. The summed E-state index contributed by atoms with van der Waals surface area (Å²) in [4.78, 5) is 13.7. The van der Waals surface area contributed by atoms with E-state index in [-0.39, 0.29) is 23.4 Å². The van der Waals surface area contributed by atoms with Crippen LogP contribution in [0, 0.1) is 0 Å². The zero-order valence-electron chi connectivity index (χ0n) is 15.1. The smallest absolute Gasteiger partial charge is 0.251 e. The van der Waals surface area contributed by atoms with Crippen molar-refractivity contribution < 1.29 is 13.2 Å². The molecule has 0 saturated carbocycles. The quantitative estimate of drug-likeness (QED) is 0.649. The molecule has 0 unspecified atom stereocenters. The summed E-state index contributed by atoms with van der Waals surface area (Å²) in [6.45, 7) is 0.231. The van der Waals surface area contributed by atoms with Crippen LogP contribution in [0.4, 0.5) is 0 Å². The predicted octanol–water partition coefficient (Wildman–Crippen LogP) is 3.64. The third-order valence-corrected chi connectivity index (χ3v) is 7.14.